The van der Waals surface area contributed by atoms with Crippen LogP contribution in [0.25, 0.3) is 0 Å². The van der Waals surface area contributed by atoms with E-state index in [1.165, 1.54) is 6.92 Å². The zero-order chi connectivity index (χ0) is 8.20. The molecule has 0 spiro atoms. The highest BCUT2D eigenvalue weighted by Crippen LogP contribution is 2.06. The summed E-state index contributed by atoms with van der Waals surface area (Å²) in [4.78, 5) is 10.4. The number of hydrogen-bond donors (Lipinski definition) is 4. The minimum absolute atomic E-state index is 0.0961. The van der Waals surface area contributed by atoms with E-state index in [0.717, 1.165) is 0 Å². The first-order valence-corrected chi connectivity index (χ1v) is 2.89. The van der Waals surface area contributed by atoms with Gasteiger partial charge in [0.15, 0.2) is 0 Å². The zero-order valence-electron chi connectivity index (χ0n) is 5.79. The first-order valence-electron chi connectivity index (χ1n) is 2.89. The van der Waals surface area contributed by atoms with E-state index in [1.807, 2.05) is 0 Å². The van der Waals surface area contributed by atoms with Crippen molar-refractivity contribution in [1.82, 2.24) is 5.43 Å². The number of carboxylic acids is 1. The highest BCUT2D eigenvalue weighted by atomic mass is 16.4. The Hall–Kier alpha value is -0.650. The number of aliphatic hydroxyl groups excluding tert-OH is 1. The molecule has 0 aromatic carbocycles. The molecule has 0 bridgehead atoms. The number of nitrogens with two attached hydrogens (primary N) is 1. The van der Waals surface area contributed by atoms with Gasteiger partial charge in [-0.3, -0.25) is 10.6 Å². The van der Waals surface area contributed by atoms with Crippen LogP contribution >= 0.6 is 0 Å². The van der Waals surface area contributed by atoms with Crippen LogP contribution < -0.4 is 11.3 Å². The number of hydrogen-bond acceptors (Lipinski definition) is 4. The maximum atomic E-state index is 10.4. The van der Waals surface area contributed by atoms with Gasteiger partial charge in [0.2, 0.25) is 0 Å². The zero-order valence-corrected chi connectivity index (χ0v) is 5.79. The van der Waals surface area contributed by atoms with Crippen LogP contribution in [0.15, 0.2) is 0 Å². The van der Waals surface area contributed by atoms with Gasteiger partial charge in [-0.25, -0.2) is 5.43 Å². The van der Waals surface area contributed by atoms with Crippen LogP contribution in [0.4, 0.5) is 0 Å². The molecule has 0 aliphatic carbocycles. The first kappa shape index (κ1) is 9.35. The van der Waals surface area contributed by atoms with E-state index in [0.29, 0.717) is 0 Å². The highest BCUT2D eigenvalue weighted by molar-refractivity contribution is 5.78. The largest absolute Gasteiger partial charge is 0.480 e. The van der Waals surface area contributed by atoms with Crippen molar-refractivity contribution >= 4 is 5.97 Å². The van der Waals surface area contributed by atoms with Crippen molar-refractivity contribution in [3.63, 3.8) is 0 Å². The van der Waals surface area contributed by atoms with Gasteiger partial charge in [0.1, 0.15) is 5.54 Å². The molecule has 5 heteroatoms. The predicted octanol–water partition coefficient (Wildman–Crippen LogP) is -1.32. The average molecular weight is 148 g/mol. The number of carboxylic acid groups (broad SMARTS) is 1. The van der Waals surface area contributed by atoms with Crippen LogP contribution in [0, 0.1) is 0 Å². The van der Waals surface area contributed by atoms with Crippen LogP contribution in [0.2, 0.25) is 0 Å². The fraction of sp³-hybridized carbons (Fsp3) is 0.800. The molecule has 1 atom stereocenters. The Morgan fingerprint density at radius 3 is 2.40 bits per heavy atom. The van der Waals surface area contributed by atoms with Crippen LogP contribution in [0.5, 0.6) is 0 Å². The molecule has 0 heterocycles. The number of aliphatic carboxylic acids is 1. The normalized spacial score (nSPS) is 16.3. The summed E-state index contributed by atoms with van der Waals surface area (Å²) in [5.74, 6) is 3.89. The second-order valence-corrected chi connectivity index (χ2v) is 2.26. The fourth-order valence-corrected chi connectivity index (χ4v) is 0.464. The minimum atomic E-state index is -1.21. The summed E-state index contributed by atoms with van der Waals surface area (Å²) >= 11 is 0. The maximum Gasteiger partial charge on any atom is 0.324 e. The van der Waals surface area contributed by atoms with E-state index in [1.54, 1.807) is 0 Å². The van der Waals surface area contributed by atoms with Crippen molar-refractivity contribution in [1.29, 1.82) is 0 Å². The van der Waals surface area contributed by atoms with Crippen molar-refractivity contribution in [2.24, 2.45) is 5.84 Å². The Morgan fingerprint density at radius 2 is 2.30 bits per heavy atom. The van der Waals surface area contributed by atoms with Gasteiger partial charge in [-0.15, -0.1) is 0 Å². The second-order valence-electron chi connectivity index (χ2n) is 2.26. The maximum absolute atomic E-state index is 10.4. The third kappa shape index (κ3) is 1.94. The molecule has 0 aromatic rings. The Bertz CT molecular complexity index is 128. The lowest BCUT2D eigenvalue weighted by atomic mass is 10.0. The summed E-state index contributed by atoms with van der Waals surface area (Å²) in [6, 6.07) is 0. The van der Waals surface area contributed by atoms with E-state index >= 15 is 0 Å². The molecular formula is C5H12N2O3. The summed E-state index contributed by atoms with van der Waals surface area (Å²) in [6.45, 7) is 1.21. The van der Waals surface area contributed by atoms with Crippen molar-refractivity contribution in [2.45, 2.75) is 18.9 Å². The van der Waals surface area contributed by atoms with Gasteiger partial charge < -0.3 is 10.2 Å². The van der Waals surface area contributed by atoms with Gasteiger partial charge in [-0.1, -0.05) is 0 Å². The predicted molar refractivity (Wildman–Crippen MR) is 35.1 cm³/mol. The minimum Gasteiger partial charge on any atom is -0.480 e. The summed E-state index contributed by atoms with van der Waals surface area (Å²) in [7, 11) is 0. The number of carbonyl (C=O) groups is 1. The van der Waals surface area contributed by atoms with E-state index in [4.69, 9.17) is 16.1 Å². The van der Waals surface area contributed by atoms with Crippen LogP contribution in [-0.4, -0.2) is 28.3 Å². The Morgan fingerprint density at radius 1 is 1.80 bits per heavy atom. The molecular weight excluding hydrogens is 136 g/mol. The molecule has 0 aliphatic rings. The highest BCUT2D eigenvalue weighted by Gasteiger charge is 2.30. The van der Waals surface area contributed by atoms with Crippen molar-refractivity contribution in [2.75, 3.05) is 6.61 Å². The summed E-state index contributed by atoms with van der Waals surface area (Å²) in [6.07, 6.45) is 0.0961. The molecule has 0 rings (SSSR count). The number of rotatable bonds is 4. The molecule has 5 nitrogen and oxygen atoms in total. The van der Waals surface area contributed by atoms with E-state index in [9.17, 15) is 4.79 Å². The Kier molecular flexibility index (Phi) is 3.27. The van der Waals surface area contributed by atoms with Gasteiger partial charge in [0.05, 0.1) is 0 Å². The number of nitrogens with one attached hydrogen (secondary N) is 1. The number of hydrazine groups is 1. The third-order valence-corrected chi connectivity index (χ3v) is 1.40. The third-order valence-electron chi connectivity index (χ3n) is 1.40. The van der Waals surface area contributed by atoms with Gasteiger partial charge in [-0.05, 0) is 6.92 Å². The number of aliphatic hydroxyl groups is 1. The van der Waals surface area contributed by atoms with Crippen molar-refractivity contribution < 1.29 is 15.0 Å². The molecule has 0 radical (unpaired) electrons. The molecule has 60 valence electrons. The molecule has 10 heavy (non-hydrogen) atoms. The Balaban J connectivity index is 4.08. The fourth-order valence-electron chi connectivity index (χ4n) is 0.464. The molecule has 0 aromatic heterocycles. The molecule has 0 fully saturated rings. The Labute approximate surface area is 58.8 Å². The molecule has 5 N–H and O–H groups in total. The smallest absolute Gasteiger partial charge is 0.324 e. The van der Waals surface area contributed by atoms with Crippen LogP contribution in [0.3, 0.4) is 0 Å². The quantitative estimate of drug-likeness (QED) is 0.293. The van der Waals surface area contributed by atoms with Crippen LogP contribution in [-0.2, 0) is 4.79 Å². The van der Waals surface area contributed by atoms with E-state index < -0.39 is 11.5 Å². The van der Waals surface area contributed by atoms with E-state index in [-0.39, 0.29) is 13.0 Å². The molecule has 0 saturated carbocycles. The molecule has 0 saturated heterocycles. The lowest BCUT2D eigenvalue weighted by molar-refractivity contribution is -0.144. The van der Waals surface area contributed by atoms with Gasteiger partial charge in [-0.2, -0.15) is 0 Å². The average Bonchev–Trinajstić information content (AvgIpc) is 1.88. The van der Waals surface area contributed by atoms with Crippen LogP contribution in [0.1, 0.15) is 13.3 Å². The lowest BCUT2D eigenvalue weighted by Gasteiger charge is -2.21. The summed E-state index contributed by atoms with van der Waals surface area (Å²) < 4.78 is 0. The van der Waals surface area contributed by atoms with E-state index in [2.05, 4.69) is 5.43 Å². The molecule has 1 unspecified atom stereocenters. The standard InChI is InChI=1S/C5H12N2O3/c1-5(7-6,2-3-8)4(9)10/h7-8H,2-3,6H2,1H3,(H,9,10). The first-order chi connectivity index (χ1) is 4.56. The van der Waals surface area contributed by atoms with Crippen molar-refractivity contribution in [3.05, 3.63) is 0 Å². The molecule has 0 amide bonds. The topological polar surface area (TPSA) is 95.6 Å². The lowest BCUT2D eigenvalue weighted by Crippen LogP contribution is -2.53. The van der Waals surface area contributed by atoms with Gasteiger partial charge in [0.25, 0.3) is 0 Å². The van der Waals surface area contributed by atoms with Gasteiger partial charge >= 0.3 is 5.97 Å². The van der Waals surface area contributed by atoms with Crippen molar-refractivity contribution in [3.8, 4) is 0 Å². The second kappa shape index (κ2) is 3.50. The molecule has 0 aliphatic heterocycles. The monoisotopic (exact) mass is 148 g/mol. The summed E-state index contributed by atoms with van der Waals surface area (Å²) in [5, 5.41) is 16.9. The summed E-state index contributed by atoms with van der Waals surface area (Å²) in [5.41, 5.74) is 0.906. The SMILES string of the molecule is CC(CCO)(NN)C(=O)O. The van der Waals surface area contributed by atoms with Gasteiger partial charge in [0, 0.05) is 13.0 Å².